The summed E-state index contributed by atoms with van der Waals surface area (Å²) in [4.78, 5) is 17.8. The lowest BCUT2D eigenvalue weighted by molar-refractivity contribution is -0.191. The third-order valence-corrected chi connectivity index (χ3v) is 7.36. The Morgan fingerprint density at radius 1 is 1.05 bits per heavy atom. The van der Waals surface area contributed by atoms with Crippen LogP contribution in [-0.2, 0) is 4.79 Å². The molecule has 2 aromatic carbocycles. The summed E-state index contributed by atoms with van der Waals surface area (Å²) < 4.78 is 42.7. The van der Waals surface area contributed by atoms with Crippen LogP contribution >= 0.6 is 0 Å². The van der Waals surface area contributed by atoms with Crippen molar-refractivity contribution < 1.29 is 18.0 Å². The Kier molecular flexibility index (Phi) is 8.40. The van der Waals surface area contributed by atoms with Crippen LogP contribution in [0.5, 0.6) is 0 Å². The number of carbonyl (C=O) groups excluding carboxylic acids is 1. The number of primary amides is 1. The van der Waals surface area contributed by atoms with E-state index < -0.39 is 30.7 Å². The first-order chi connectivity index (χ1) is 17.7. The lowest BCUT2D eigenvalue weighted by Gasteiger charge is -2.36. The van der Waals surface area contributed by atoms with Crippen LogP contribution in [0.3, 0.4) is 0 Å². The molecule has 9 heteroatoms. The lowest BCUT2D eigenvalue weighted by Crippen LogP contribution is -2.50. The molecule has 37 heavy (non-hydrogen) atoms. The predicted molar refractivity (Wildman–Crippen MR) is 138 cm³/mol. The van der Waals surface area contributed by atoms with Crippen LogP contribution < -0.4 is 10.6 Å². The van der Waals surface area contributed by atoms with Gasteiger partial charge in [-0.1, -0.05) is 49.7 Å². The molecule has 2 N–H and O–H groups in total. The summed E-state index contributed by atoms with van der Waals surface area (Å²) in [6.07, 6.45) is -1.45. The molecule has 0 aromatic heterocycles. The van der Waals surface area contributed by atoms with E-state index in [2.05, 4.69) is 21.9 Å². The van der Waals surface area contributed by atoms with E-state index in [0.717, 1.165) is 53.9 Å². The van der Waals surface area contributed by atoms with E-state index in [9.17, 15) is 23.2 Å². The number of hydrogen-bond acceptors (Lipinski definition) is 5. The number of carbonyl (C=O) groups is 1. The molecule has 4 rings (SSSR count). The van der Waals surface area contributed by atoms with E-state index in [1.54, 1.807) is 25.1 Å². The molecule has 2 aromatic rings. The molecule has 1 amide bonds. The largest absolute Gasteiger partial charge is 0.408 e. The molecular weight excluding hydrogens is 479 g/mol. The monoisotopic (exact) mass is 513 g/mol. The quantitative estimate of drug-likeness (QED) is 0.465. The number of halogens is 3. The summed E-state index contributed by atoms with van der Waals surface area (Å²) in [6.45, 7) is 5.34. The number of alkyl halides is 3. The van der Waals surface area contributed by atoms with Crippen LogP contribution in [0, 0.1) is 11.3 Å². The maximum Gasteiger partial charge on any atom is 0.408 e. The van der Waals surface area contributed by atoms with Crippen molar-refractivity contribution in [1.82, 2.24) is 9.80 Å². The van der Waals surface area contributed by atoms with Crippen molar-refractivity contribution in [3.63, 3.8) is 0 Å². The van der Waals surface area contributed by atoms with Crippen molar-refractivity contribution in [3.8, 4) is 17.2 Å². The van der Waals surface area contributed by atoms with Crippen molar-refractivity contribution in [1.29, 1.82) is 5.26 Å². The second-order valence-corrected chi connectivity index (χ2v) is 9.90. The van der Waals surface area contributed by atoms with Gasteiger partial charge in [-0.2, -0.15) is 18.4 Å². The Morgan fingerprint density at radius 2 is 1.62 bits per heavy atom. The van der Waals surface area contributed by atoms with Gasteiger partial charge in [0.05, 0.1) is 18.7 Å². The van der Waals surface area contributed by atoms with Gasteiger partial charge in [0.2, 0.25) is 5.91 Å². The maximum absolute atomic E-state index is 14.2. The van der Waals surface area contributed by atoms with E-state index in [4.69, 9.17) is 5.73 Å². The van der Waals surface area contributed by atoms with Gasteiger partial charge in [0.15, 0.2) is 0 Å². The number of hydrogen-bond donors (Lipinski definition) is 1. The molecule has 1 aliphatic carbocycles. The van der Waals surface area contributed by atoms with Crippen molar-refractivity contribution in [2.75, 3.05) is 37.6 Å². The number of benzene rings is 2. The first-order valence-corrected chi connectivity index (χ1v) is 12.9. The number of nitrogens with two attached hydrogens (primary N) is 1. The molecule has 198 valence electrons. The van der Waals surface area contributed by atoms with Gasteiger partial charge < -0.3 is 10.6 Å². The Balaban J connectivity index is 1.51. The van der Waals surface area contributed by atoms with E-state index in [1.807, 2.05) is 12.1 Å². The molecule has 1 saturated heterocycles. The van der Waals surface area contributed by atoms with Gasteiger partial charge in [-0.3, -0.25) is 14.6 Å². The fourth-order valence-corrected chi connectivity index (χ4v) is 5.28. The van der Waals surface area contributed by atoms with E-state index in [0.29, 0.717) is 6.42 Å². The number of amides is 1. The summed E-state index contributed by atoms with van der Waals surface area (Å²) >= 11 is 0. The minimum Gasteiger partial charge on any atom is -0.369 e. The number of nitrogens with zero attached hydrogens (tertiary/aromatic N) is 4. The van der Waals surface area contributed by atoms with E-state index in [1.165, 1.54) is 25.0 Å². The van der Waals surface area contributed by atoms with Crippen molar-refractivity contribution in [2.24, 2.45) is 5.73 Å². The number of nitriles is 1. The second-order valence-electron chi connectivity index (χ2n) is 9.90. The average molecular weight is 514 g/mol. The predicted octanol–water partition coefficient (Wildman–Crippen LogP) is 4.72. The molecular formula is C28H34F3N5O. The molecule has 0 bridgehead atoms. The van der Waals surface area contributed by atoms with Crippen LogP contribution in [0.25, 0.3) is 11.1 Å². The summed E-state index contributed by atoms with van der Waals surface area (Å²) in [5.74, 6) is -0.864. The first-order valence-electron chi connectivity index (χ1n) is 12.9. The number of anilines is 1. The Morgan fingerprint density at radius 3 is 2.08 bits per heavy atom. The molecule has 1 aliphatic heterocycles. The molecule has 2 fully saturated rings. The molecule has 2 atom stereocenters. The molecule has 1 saturated carbocycles. The highest BCUT2D eigenvalue weighted by Crippen LogP contribution is 2.40. The lowest BCUT2D eigenvalue weighted by atomic mass is 9.97. The Labute approximate surface area is 216 Å². The minimum absolute atomic E-state index is 0.0287. The van der Waals surface area contributed by atoms with Crippen LogP contribution in [0.1, 0.15) is 44.2 Å². The summed E-state index contributed by atoms with van der Waals surface area (Å²) in [7, 11) is 0. The van der Waals surface area contributed by atoms with Crippen LogP contribution in [-0.4, -0.2) is 66.7 Å². The standard InChI is InChI=1S/C28H34F3N5O/c1-2-3-25(27(33)37)36(15-14-32)26(28(29,30)31)22-6-4-20(5-7-22)21-8-10-23(11-9-21)34-16-18-35(19-17-34)24-12-13-24/h4-11,24-26H,2-3,12-13,15-19H2,1H3,(H2,33,37)/t25-,26?/m0/s1. The molecule has 1 unspecified atom stereocenters. The van der Waals surface area contributed by atoms with Crippen molar-refractivity contribution >= 4 is 11.6 Å². The zero-order valence-electron chi connectivity index (χ0n) is 21.1. The molecule has 2 aliphatic rings. The normalized spacial score (nSPS) is 18.4. The Bertz CT molecular complexity index is 1080. The highest BCUT2D eigenvalue weighted by molar-refractivity contribution is 5.80. The van der Waals surface area contributed by atoms with Crippen LogP contribution in [0.2, 0.25) is 0 Å². The minimum atomic E-state index is -4.69. The summed E-state index contributed by atoms with van der Waals surface area (Å²) in [5, 5.41) is 9.23. The zero-order chi connectivity index (χ0) is 26.6. The number of piperazine rings is 1. The molecule has 6 nitrogen and oxygen atoms in total. The highest BCUT2D eigenvalue weighted by Gasteiger charge is 2.47. The molecule has 0 spiro atoms. The molecule has 0 radical (unpaired) electrons. The van der Waals surface area contributed by atoms with Crippen LogP contribution in [0.4, 0.5) is 18.9 Å². The fourth-order valence-electron chi connectivity index (χ4n) is 5.28. The van der Waals surface area contributed by atoms with Gasteiger partial charge in [-0.05, 0) is 48.1 Å². The van der Waals surface area contributed by atoms with E-state index >= 15 is 0 Å². The van der Waals surface area contributed by atoms with Gasteiger partial charge in [0.1, 0.15) is 6.04 Å². The average Bonchev–Trinajstić information content (AvgIpc) is 3.73. The SMILES string of the molecule is CCC[C@@H](C(N)=O)N(CC#N)C(c1ccc(-c2ccc(N3CCN(C4CC4)CC3)cc2)cc1)C(F)(F)F. The Hall–Kier alpha value is -3.09. The summed E-state index contributed by atoms with van der Waals surface area (Å²) in [6, 6.07) is 13.5. The topological polar surface area (TPSA) is 76.6 Å². The van der Waals surface area contributed by atoms with Crippen molar-refractivity contribution in [2.45, 2.75) is 56.9 Å². The van der Waals surface area contributed by atoms with Crippen molar-refractivity contribution in [3.05, 3.63) is 54.1 Å². The number of rotatable bonds is 10. The molecule has 1 heterocycles. The summed E-state index contributed by atoms with van der Waals surface area (Å²) in [5.41, 5.74) is 8.26. The van der Waals surface area contributed by atoms with Gasteiger partial charge in [0.25, 0.3) is 0 Å². The van der Waals surface area contributed by atoms with Gasteiger partial charge in [-0.15, -0.1) is 0 Å². The van der Waals surface area contributed by atoms with Gasteiger partial charge in [0, 0.05) is 37.9 Å². The highest BCUT2D eigenvalue weighted by atomic mass is 19.4. The third-order valence-electron chi connectivity index (χ3n) is 7.36. The third kappa shape index (κ3) is 6.43. The van der Waals surface area contributed by atoms with Crippen LogP contribution in [0.15, 0.2) is 48.5 Å². The van der Waals surface area contributed by atoms with Gasteiger partial charge >= 0.3 is 6.18 Å². The van der Waals surface area contributed by atoms with Gasteiger partial charge in [-0.25, -0.2) is 0 Å². The smallest absolute Gasteiger partial charge is 0.369 e. The second kappa shape index (κ2) is 11.5. The fraction of sp³-hybridized carbons (Fsp3) is 0.500. The first kappa shape index (κ1) is 27.0. The zero-order valence-corrected chi connectivity index (χ0v) is 21.1. The van der Waals surface area contributed by atoms with E-state index in [-0.39, 0.29) is 12.0 Å². The maximum atomic E-state index is 14.2.